The van der Waals surface area contributed by atoms with E-state index in [0.29, 0.717) is 5.56 Å². The predicted octanol–water partition coefficient (Wildman–Crippen LogP) is 3.85. The number of hydrogen-bond donors (Lipinski definition) is 0. The Balaban J connectivity index is 3.48. The van der Waals surface area contributed by atoms with Gasteiger partial charge in [0.25, 0.3) is 0 Å². The van der Waals surface area contributed by atoms with Gasteiger partial charge in [0.05, 0.1) is 18.2 Å². The Labute approximate surface area is 119 Å². The van der Waals surface area contributed by atoms with Crippen LogP contribution in [0.5, 0.6) is 0 Å². The zero-order chi connectivity index (χ0) is 14.6. The van der Waals surface area contributed by atoms with E-state index >= 15 is 0 Å². The van der Waals surface area contributed by atoms with E-state index in [1.165, 1.54) is 6.07 Å². The lowest BCUT2D eigenvalue weighted by Gasteiger charge is -2.13. The van der Waals surface area contributed by atoms with Gasteiger partial charge in [0, 0.05) is 10.2 Å². The molecule has 0 bridgehead atoms. The maximum Gasteiger partial charge on any atom is 0.446 e. The van der Waals surface area contributed by atoms with Crippen LogP contribution in [0.2, 0.25) is 0 Å². The van der Waals surface area contributed by atoms with E-state index in [4.69, 9.17) is 5.26 Å². The van der Waals surface area contributed by atoms with Crippen molar-refractivity contribution in [2.75, 3.05) is 7.11 Å². The topological polar surface area (TPSA) is 50.1 Å². The molecule has 1 aromatic rings. The summed E-state index contributed by atoms with van der Waals surface area (Å²) >= 11 is 2.66. The second-order valence-corrected chi connectivity index (χ2v) is 4.93. The number of carbonyl (C=O) groups is 1. The van der Waals surface area contributed by atoms with Crippen LogP contribution in [0.15, 0.2) is 17.0 Å². The lowest BCUT2D eigenvalue weighted by molar-refractivity contribution is -0.0328. The number of nitriles is 1. The summed E-state index contributed by atoms with van der Waals surface area (Å²) in [5.41, 5.74) is -4.59. The molecule has 102 valence electrons. The molecule has 0 aliphatic carbocycles. The van der Waals surface area contributed by atoms with Crippen LogP contribution in [0.25, 0.3) is 0 Å². The number of carbonyl (C=O) groups excluding carboxylic acids is 1. The van der Waals surface area contributed by atoms with Gasteiger partial charge in [-0.2, -0.15) is 18.4 Å². The summed E-state index contributed by atoms with van der Waals surface area (Å²) in [6.07, 6.45) is 0. The molecule has 0 radical (unpaired) electrons. The average molecular weight is 354 g/mol. The Morgan fingerprint density at radius 2 is 2.16 bits per heavy atom. The molecule has 1 aromatic carbocycles. The number of benzene rings is 1. The van der Waals surface area contributed by atoms with Crippen LogP contribution < -0.4 is 0 Å². The van der Waals surface area contributed by atoms with E-state index in [1.807, 2.05) is 0 Å². The van der Waals surface area contributed by atoms with Crippen LogP contribution in [0.4, 0.5) is 13.2 Å². The number of rotatable bonds is 3. The van der Waals surface area contributed by atoms with Crippen LogP contribution in [0.1, 0.15) is 21.5 Å². The van der Waals surface area contributed by atoms with Crippen LogP contribution >= 0.6 is 27.7 Å². The number of hydrogen-bond acceptors (Lipinski definition) is 4. The highest BCUT2D eigenvalue weighted by Gasteiger charge is 2.33. The fraction of sp³-hybridized carbons (Fsp3) is 0.273. The number of nitrogens with zero attached hydrogens (tertiary/aromatic N) is 1. The van der Waals surface area contributed by atoms with E-state index in [1.54, 1.807) is 6.07 Å². The fourth-order valence-electron chi connectivity index (χ4n) is 1.38. The lowest BCUT2D eigenvalue weighted by Crippen LogP contribution is -2.10. The van der Waals surface area contributed by atoms with Gasteiger partial charge in [-0.15, -0.1) is 0 Å². The van der Waals surface area contributed by atoms with Crippen LogP contribution in [-0.4, -0.2) is 18.6 Å². The third kappa shape index (κ3) is 3.88. The van der Waals surface area contributed by atoms with Crippen LogP contribution in [-0.2, 0) is 10.1 Å². The van der Waals surface area contributed by atoms with Gasteiger partial charge in [-0.25, -0.2) is 4.79 Å². The van der Waals surface area contributed by atoms with Gasteiger partial charge >= 0.3 is 11.5 Å². The van der Waals surface area contributed by atoms with Crippen molar-refractivity contribution in [3.8, 4) is 6.07 Å². The van der Waals surface area contributed by atoms with Crippen molar-refractivity contribution in [3.63, 3.8) is 0 Å². The first-order chi connectivity index (χ1) is 8.84. The van der Waals surface area contributed by atoms with Crippen LogP contribution in [0, 0.1) is 11.3 Å². The molecule has 0 aromatic heterocycles. The third-order valence-electron chi connectivity index (χ3n) is 2.12. The number of esters is 1. The molecule has 1 rings (SSSR count). The first-order valence-corrected chi connectivity index (χ1v) is 6.73. The number of alkyl halides is 4. The van der Waals surface area contributed by atoms with Gasteiger partial charge in [-0.05, 0) is 23.4 Å². The van der Waals surface area contributed by atoms with E-state index in [-0.39, 0.29) is 21.4 Å². The summed E-state index contributed by atoms with van der Waals surface area (Å²) in [5, 5.41) is 9.28. The normalized spacial score (nSPS) is 10.9. The van der Waals surface area contributed by atoms with Gasteiger partial charge in [0.2, 0.25) is 0 Å². The number of ether oxygens (including phenoxy) is 1. The molecule has 19 heavy (non-hydrogen) atoms. The molecule has 0 saturated heterocycles. The molecule has 3 nitrogen and oxygen atoms in total. The molecular formula is C11H7BrF3NO2S. The highest BCUT2D eigenvalue weighted by molar-refractivity contribution is 9.08. The predicted molar refractivity (Wildman–Crippen MR) is 67.0 cm³/mol. The Morgan fingerprint density at radius 1 is 1.53 bits per heavy atom. The highest BCUT2D eigenvalue weighted by atomic mass is 79.9. The SMILES string of the molecule is COC(=O)c1c(SC(F)(F)F)ccc(CBr)c1C#N. The quantitative estimate of drug-likeness (QED) is 0.470. The summed E-state index contributed by atoms with van der Waals surface area (Å²) in [6, 6.07) is 4.27. The fourth-order valence-corrected chi connectivity index (χ4v) is 2.52. The minimum Gasteiger partial charge on any atom is -0.465 e. The molecule has 0 amide bonds. The Bertz CT molecular complexity index is 540. The first-order valence-electron chi connectivity index (χ1n) is 4.80. The summed E-state index contributed by atoms with van der Waals surface area (Å²) in [5.74, 6) is -0.967. The van der Waals surface area contributed by atoms with Crippen molar-refractivity contribution in [1.82, 2.24) is 0 Å². The average Bonchev–Trinajstić information content (AvgIpc) is 2.35. The second-order valence-electron chi connectivity index (χ2n) is 3.26. The maximum atomic E-state index is 12.4. The minimum atomic E-state index is -4.55. The van der Waals surface area contributed by atoms with Gasteiger partial charge in [0.15, 0.2) is 0 Å². The van der Waals surface area contributed by atoms with Crippen molar-refractivity contribution >= 4 is 33.7 Å². The van der Waals surface area contributed by atoms with Crippen molar-refractivity contribution in [1.29, 1.82) is 5.26 Å². The number of halogens is 4. The van der Waals surface area contributed by atoms with E-state index in [2.05, 4.69) is 20.7 Å². The third-order valence-corrected chi connectivity index (χ3v) is 3.52. The standard InChI is InChI=1S/C11H7BrF3NO2S/c1-18-10(17)9-7(5-16)6(4-12)2-3-8(9)19-11(13,14)15/h2-3H,4H2,1H3. The van der Waals surface area contributed by atoms with Crippen molar-refractivity contribution in [2.24, 2.45) is 0 Å². The summed E-state index contributed by atoms with van der Waals surface area (Å²) < 4.78 is 41.7. The van der Waals surface area contributed by atoms with E-state index in [0.717, 1.165) is 13.2 Å². The Kier molecular flexibility index (Phi) is 5.26. The van der Waals surface area contributed by atoms with E-state index in [9.17, 15) is 18.0 Å². The molecular weight excluding hydrogens is 347 g/mol. The molecule has 0 unspecified atom stereocenters. The molecule has 0 fully saturated rings. The van der Waals surface area contributed by atoms with Gasteiger partial charge < -0.3 is 4.74 Å². The maximum absolute atomic E-state index is 12.4. The monoisotopic (exact) mass is 353 g/mol. The first kappa shape index (κ1) is 15.9. The second kappa shape index (κ2) is 6.30. The molecule has 0 spiro atoms. The summed E-state index contributed by atoms with van der Waals surface area (Å²) in [6.45, 7) is 0. The van der Waals surface area contributed by atoms with Gasteiger partial charge in [-0.3, -0.25) is 0 Å². The van der Waals surface area contributed by atoms with Gasteiger partial charge in [0.1, 0.15) is 6.07 Å². The smallest absolute Gasteiger partial charge is 0.446 e. The zero-order valence-electron chi connectivity index (χ0n) is 9.55. The summed E-state index contributed by atoms with van der Waals surface area (Å²) in [4.78, 5) is 11.3. The largest absolute Gasteiger partial charge is 0.465 e. The molecule has 0 N–H and O–H groups in total. The van der Waals surface area contributed by atoms with Crippen LogP contribution in [0.3, 0.4) is 0 Å². The molecule has 0 saturated carbocycles. The molecule has 0 atom stereocenters. The van der Waals surface area contributed by atoms with Crippen molar-refractivity contribution < 1.29 is 22.7 Å². The number of methoxy groups -OCH3 is 1. The van der Waals surface area contributed by atoms with E-state index < -0.39 is 23.2 Å². The minimum absolute atomic E-state index is 0.113. The van der Waals surface area contributed by atoms with Crippen molar-refractivity contribution in [3.05, 3.63) is 28.8 Å². The van der Waals surface area contributed by atoms with Gasteiger partial charge in [-0.1, -0.05) is 22.0 Å². The highest BCUT2D eigenvalue weighted by Crippen LogP contribution is 2.40. The molecule has 8 heteroatoms. The lowest BCUT2D eigenvalue weighted by atomic mass is 10.0. The number of thioether (sulfide) groups is 1. The Morgan fingerprint density at radius 3 is 2.58 bits per heavy atom. The summed E-state index contributed by atoms with van der Waals surface area (Å²) in [7, 11) is 1.05. The zero-order valence-corrected chi connectivity index (χ0v) is 11.9. The van der Waals surface area contributed by atoms with Crippen molar-refractivity contribution in [2.45, 2.75) is 15.7 Å². The molecule has 0 aliphatic rings. The molecule has 0 aliphatic heterocycles. The molecule has 0 heterocycles. The Hall–Kier alpha value is -1.20.